The van der Waals surface area contributed by atoms with Crippen LogP contribution in [0, 0.1) is 0 Å². The molecule has 1 nitrogen and oxygen atoms in total. The molecule has 0 heterocycles. The van der Waals surface area contributed by atoms with Gasteiger partial charge in [0.05, 0.1) is 0 Å². The first-order chi connectivity index (χ1) is 6.41. The Kier molecular flexibility index (Phi) is 4.45. The Bertz CT molecular complexity index is 157. The Morgan fingerprint density at radius 3 is 2.07 bits per heavy atom. The van der Waals surface area contributed by atoms with Gasteiger partial charge in [0, 0.05) is 9.86 Å². The van der Waals surface area contributed by atoms with Crippen molar-refractivity contribution in [1.82, 2.24) is 0 Å². The molecule has 84 valence electrons. The fourth-order valence-electron chi connectivity index (χ4n) is 2.31. The van der Waals surface area contributed by atoms with Gasteiger partial charge in [-0.15, -0.1) is 0 Å². The van der Waals surface area contributed by atoms with E-state index in [1.165, 1.54) is 51.4 Å². The van der Waals surface area contributed by atoms with E-state index in [-0.39, 0.29) is 5.54 Å². The quantitative estimate of drug-likeness (QED) is 0.656. The Morgan fingerprint density at radius 2 is 1.36 bits per heavy atom. The number of hydrogen-bond donors (Lipinski definition) is 1. The minimum absolute atomic E-state index is 0.0837. The van der Waals surface area contributed by atoms with Crippen LogP contribution in [0.5, 0.6) is 0 Å². The average Bonchev–Trinajstić information content (AvgIpc) is 2.01. The summed E-state index contributed by atoms with van der Waals surface area (Å²) in [6, 6.07) is 0. The zero-order valence-electron chi connectivity index (χ0n) is 9.61. The van der Waals surface area contributed by atoms with Crippen molar-refractivity contribution in [2.75, 3.05) is 0 Å². The summed E-state index contributed by atoms with van der Waals surface area (Å²) in [5.41, 5.74) is 6.32. The van der Waals surface area contributed by atoms with Crippen LogP contribution in [0.2, 0.25) is 0 Å². The minimum atomic E-state index is 0.0837. The van der Waals surface area contributed by atoms with Gasteiger partial charge in [-0.25, -0.2) is 0 Å². The van der Waals surface area contributed by atoms with Crippen LogP contribution in [-0.4, -0.2) is 9.86 Å². The van der Waals surface area contributed by atoms with Crippen LogP contribution >= 0.6 is 15.9 Å². The third kappa shape index (κ3) is 4.79. The second-order valence-electron chi connectivity index (χ2n) is 5.48. The van der Waals surface area contributed by atoms with Crippen molar-refractivity contribution in [2.24, 2.45) is 5.73 Å². The zero-order valence-corrected chi connectivity index (χ0v) is 11.2. The lowest BCUT2D eigenvalue weighted by atomic mass is 9.85. The van der Waals surface area contributed by atoms with Crippen LogP contribution in [0.15, 0.2) is 0 Å². The Morgan fingerprint density at radius 1 is 0.857 bits per heavy atom. The molecule has 0 aromatic rings. The van der Waals surface area contributed by atoms with Crippen LogP contribution in [0.3, 0.4) is 0 Å². The minimum Gasteiger partial charge on any atom is -0.325 e. The molecule has 1 aliphatic carbocycles. The van der Waals surface area contributed by atoms with Crippen LogP contribution < -0.4 is 5.73 Å². The molecule has 0 aromatic carbocycles. The number of nitrogens with two attached hydrogens (primary N) is 1. The second kappa shape index (κ2) is 4.98. The standard InChI is InChI=1S/C12H24BrN/c1-11(13)7-4-3-5-9-12(2,14)10-6-8-11/h3-10,14H2,1-2H3. The fourth-order valence-corrected chi connectivity index (χ4v) is 2.87. The normalized spacial score (nSPS) is 42.0. The molecule has 14 heavy (non-hydrogen) atoms. The van der Waals surface area contributed by atoms with E-state index in [2.05, 4.69) is 29.8 Å². The van der Waals surface area contributed by atoms with Gasteiger partial charge in [-0.1, -0.05) is 41.6 Å². The molecule has 1 aliphatic rings. The molecule has 1 fully saturated rings. The lowest BCUT2D eigenvalue weighted by molar-refractivity contribution is 0.339. The highest BCUT2D eigenvalue weighted by Crippen LogP contribution is 2.33. The lowest BCUT2D eigenvalue weighted by Gasteiger charge is -2.30. The highest BCUT2D eigenvalue weighted by molar-refractivity contribution is 9.10. The zero-order chi connectivity index (χ0) is 10.7. The molecule has 1 rings (SSSR count). The van der Waals surface area contributed by atoms with Gasteiger partial charge in [0.25, 0.3) is 0 Å². The highest BCUT2D eigenvalue weighted by Gasteiger charge is 2.24. The van der Waals surface area contributed by atoms with Gasteiger partial charge in [0.15, 0.2) is 0 Å². The summed E-state index contributed by atoms with van der Waals surface area (Å²) in [7, 11) is 0. The summed E-state index contributed by atoms with van der Waals surface area (Å²) in [6.07, 6.45) is 10.2. The van der Waals surface area contributed by atoms with Crippen molar-refractivity contribution in [3.05, 3.63) is 0 Å². The molecule has 2 heteroatoms. The van der Waals surface area contributed by atoms with Crippen LogP contribution in [-0.2, 0) is 0 Å². The summed E-state index contributed by atoms with van der Waals surface area (Å²) in [4.78, 5) is 0. The smallest absolute Gasteiger partial charge is 0.0229 e. The first-order valence-electron chi connectivity index (χ1n) is 5.89. The molecule has 0 aliphatic heterocycles. The molecule has 2 N–H and O–H groups in total. The van der Waals surface area contributed by atoms with Crippen LogP contribution in [0.1, 0.15) is 65.2 Å². The van der Waals surface area contributed by atoms with Gasteiger partial charge < -0.3 is 5.73 Å². The van der Waals surface area contributed by atoms with Crippen molar-refractivity contribution < 1.29 is 0 Å². The van der Waals surface area contributed by atoms with E-state index in [1.54, 1.807) is 0 Å². The molecular formula is C12H24BrN. The van der Waals surface area contributed by atoms with Gasteiger partial charge in [0.2, 0.25) is 0 Å². The van der Waals surface area contributed by atoms with Crippen molar-refractivity contribution in [3.63, 3.8) is 0 Å². The van der Waals surface area contributed by atoms with Gasteiger partial charge >= 0.3 is 0 Å². The van der Waals surface area contributed by atoms with Crippen molar-refractivity contribution in [1.29, 1.82) is 0 Å². The second-order valence-corrected chi connectivity index (χ2v) is 7.40. The fraction of sp³-hybridized carbons (Fsp3) is 1.00. The number of halogens is 1. The third-order valence-electron chi connectivity index (χ3n) is 3.39. The Hall–Kier alpha value is 0.440. The molecule has 0 bridgehead atoms. The predicted octanol–water partition coefficient (Wildman–Crippen LogP) is 3.99. The summed E-state index contributed by atoms with van der Waals surface area (Å²) in [5.74, 6) is 0. The Balaban J connectivity index is 2.46. The summed E-state index contributed by atoms with van der Waals surface area (Å²) >= 11 is 3.83. The SMILES string of the molecule is CC1(N)CCCCCC(C)(Br)CCC1. The molecule has 0 amide bonds. The lowest BCUT2D eigenvalue weighted by Crippen LogP contribution is -2.36. The molecule has 0 spiro atoms. The third-order valence-corrected chi connectivity index (χ3v) is 4.18. The molecule has 1 saturated carbocycles. The van der Waals surface area contributed by atoms with E-state index >= 15 is 0 Å². The summed E-state index contributed by atoms with van der Waals surface area (Å²) in [6.45, 7) is 4.53. The van der Waals surface area contributed by atoms with Crippen molar-refractivity contribution in [2.45, 2.75) is 75.1 Å². The van der Waals surface area contributed by atoms with E-state index in [0.29, 0.717) is 4.32 Å². The van der Waals surface area contributed by atoms with Gasteiger partial charge in [-0.05, 0) is 39.5 Å². The predicted molar refractivity (Wildman–Crippen MR) is 66.9 cm³/mol. The highest BCUT2D eigenvalue weighted by atomic mass is 79.9. The van der Waals surface area contributed by atoms with Gasteiger partial charge in [0.1, 0.15) is 0 Å². The monoisotopic (exact) mass is 261 g/mol. The molecular weight excluding hydrogens is 238 g/mol. The van der Waals surface area contributed by atoms with Crippen molar-refractivity contribution >= 4 is 15.9 Å². The Labute approximate surface area is 97.0 Å². The number of hydrogen-bond acceptors (Lipinski definition) is 1. The van der Waals surface area contributed by atoms with Crippen LogP contribution in [0.4, 0.5) is 0 Å². The molecule has 2 unspecified atom stereocenters. The van der Waals surface area contributed by atoms with Gasteiger partial charge in [-0.2, -0.15) is 0 Å². The summed E-state index contributed by atoms with van der Waals surface area (Å²) in [5, 5.41) is 0. The maximum absolute atomic E-state index is 6.24. The summed E-state index contributed by atoms with van der Waals surface area (Å²) < 4.78 is 0.362. The number of rotatable bonds is 0. The van der Waals surface area contributed by atoms with Gasteiger partial charge in [-0.3, -0.25) is 0 Å². The number of alkyl halides is 1. The molecule has 0 aromatic heterocycles. The van der Waals surface area contributed by atoms with Crippen LogP contribution in [0.25, 0.3) is 0 Å². The average molecular weight is 262 g/mol. The van der Waals surface area contributed by atoms with E-state index in [0.717, 1.165) is 0 Å². The van der Waals surface area contributed by atoms with Crippen molar-refractivity contribution in [3.8, 4) is 0 Å². The maximum Gasteiger partial charge on any atom is 0.0229 e. The first-order valence-corrected chi connectivity index (χ1v) is 6.68. The molecule has 2 atom stereocenters. The molecule has 0 saturated heterocycles. The molecule has 0 radical (unpaired) electrons. The topological polar surface area (TPSA) is 26.0 Å². The van der Waals surface area contributed by atoms with E-state index < -0.39 is 0 Å². The maximum atomic E-state index is 6.24. The van der Waals surface area contributed by atoms with E-state index in [4.69, 9.17) is 5.73 Å². The first kappa shape index (κ1) is 12.5. The van der Waals surface area contributed by atoms with E-state index in [9.17, 15) is 0 Å². The van der Waals surface area contributed by atoms with E-state index in [1.807, 2.05) is 0 Å². The largest absolute Gasteiger partial charge is 0.325 e.